The van der Waals surface area contributed by atoms with Crippen LogP contribution in [-0.2, 0) is 20.7 Å². The van der Waals surface area contributed by atoms with Crippen LogP contribution in [0.2, 0.25) is 0 Å². The Morgan fingerprint density at radius 3 is 2.70 bits per heavy atom. The van der Waals surface area contributed by atoms with E-state index < -0.39 is 23.8 Å². The third-order valence-corrected chi connectivity index (χ3v) is 3.05. The highest BCUT2D eigenvalue weighted by molar-refractivity contribution is 5.87. The molecule has 0 aliphatic rings. The third-order valence-electron chi connectivity index (χ3n) is 3.05. The number of fused-ring (bicyclic) bond motifs is 1. The number of hydrogen-bond acceptors (Lipinski definition) is 5. The van der Waals surface area contributed by atoms with Crippen molar-refractivity contribution in [1.82, 2.24) is 4.98 Å². The number of aromatic amines is 1. The quantitative estimate of drug-likeness (QED) is 0.669. The molecular formula is C16H19FN2O4. The van der Waals surface area contributed by atoms with Gasteiger partial charge >= 0.3 is 12.1 Å². The van der Waals surface area contributed by atoms with E-state index in [1.165, 1.54) is 12.1 Å². The maximum Gasteiger partial charge on any atom is 0.516 e. The number of halogens is 1. The summed E-state index contributed by atoms with van der Waals surface area (Å²) in [5.74, 6) is -1.28. The maximum absolute atomic E-state index is 13.3. The molecule has 0 radical (unpaired) electrons. The van der Waals surface area contributed by atoms with E-state index in [9.17, 15) is 14.0 Å². The van der Waals surface area contributed by atoms with E-state index >= 15 is 0 Å². The van der Waals surface area contributed by atoms with Gasteiger partial charge in [0.15, 0.2) is 0 Å². The van der Waals surface area contributed by atoms with E-state index in [1.807, 2.05) is 0 Å². The number of hydrogen-bond donors (Lipinski definition) is 2. The van der Waals surface area contributed by atoms with E-state index in [4.69, 9.17) is 10.5 Å². The first-order valence-corrected chi connectivity index (χ1v) is 7.11. The van der Waals surface area contributed by atoms with Crippen molar-refractivity contribution in [1.29, 1.82) is 0 Å². The van der Waals surface area contributed by atoms with Crippen LogP contribution in [0.3, 0.4) is 0 Å². The Hall–Kier alpha value is -2.41. The number of carbonyl (C=O) groups is 2. The van der Waals surface area contributed by atoms with E-state index in [-0.39, 0.29) is 12.2 Å². The van der Waals surface area contributed by atoms with Crippen molar-refractivity contribution in [3.63, 3.8) is 0 Å². The summed E-state index contributed by atoms with van der Waals surface area (Å²) in [6.07, 6.45) is 0.651. The molecule has 1 heterocycles. The van der Waals surface area contributed by atoms with Crippen LogP contribution >= 0.6 is 0 Å². The fraction of sp³-hybridized carbons (Fsp3) is 0.375. The highest BCUT2D eigenvalue weighted by Gasteiger charge is 2.24. The minimum atomic E-state index is -1.09. The molecule has 0 aliphatic heterocycles. The monoisotopic (exact) mass is 322 g/mol. The third kappa shape index (κ3) is 4.53. The molecule has 7 heteroatoms. The Morgan fingerprint density at radius 1 is 1.35 bits per heavy atom. The number of ether oxygens (including phenoxy) is 2. The Balaban J connectivity index is 2.03. The molecule has 124 valence electrons. The topological polar surface area (TPSA) is 94.4 Å². The molecule has 0 bridgehead atoms. The zero-order chi connectivity index (χ0) is 17.2. The number of carbonyl (C=O) groups excluding carboxylic acids is 2. The fourth-order valence-corrected chi connectivity index (χ4v) is 2.07. The molecule has 1 aromatic heterocycles. The molecule has 1 aromatic carbocycles. The van der Waals surface area contributed by atoms with Gasteiger partial charge in [-0.2, -0.15) is 0 Å². The Morgan fingerprint density at radius 2 is 2.04 bits per heavy atom. The van der Waals surface area contributed by atoms with Gasteiger partial charge in [0.2, 0.25) is 0 Å². The van der Waals surface area contributed by atoms with Gasteiger partial charge < -0.3 is 20.2 Å². The van der Waals surface area contributed by atoms with Crippen LogP contribution in [0.4, 0.5) is 9.18 Å². The zero-order valence-electron chi connectivity index (χ0n) is 13.2. The average molecular weight is 322 g/mol. The number of esters is 1. The lowest BCUT2D eigenvalue weighted by Crippen LogP contribution is -2.37. The van der Waals surface area contributed by atoms with Gasteiger partial charge in [0.1, 0.15) is 17.5 Å². The Labute approximate surface area is 132 Å². The van der Waals surface area contributed by atoms with Crippen LogP contribution in [0, 0.1) is 5.82 Å². The highest BCUT2D eigenvalue weighted by Crippen LogP contribution is 2.20. The van der Waals surface area contributed by atoms with E-state index in [0.717, 1.165) is 5.52 Å². The molecular weight excluding hydrogens is 303 g/mol. The molecule has 0 saturated heterocycles. The van der Waals surface area contributed by atoms with Crippen LogP contribution in [0.1, 0.15) is 26.3 Å². The molecule has 0 unspecified atom stereocenters. The highest BCUT2D eigenvalue weighted by atomic mass is 19.1. The molecule has 2 aromatic rings. The first-order valence-electron chi connectivity index (χ1n) is 7.11. The van der Waals surface area contributed by atoms with Gasteiger partial charge in [-0.15, -0.1) is 0 Å². The Kier molecular flexibility index (Phi) is 4.70. The van der Waals surface area contributed by atoms with E-state index in [1.54, 1.807) is 33.0 Å². The van der Waals surface area contributed by atoms with Crippen LogP contribution < -0.4 is 5.73 Å². The maximum atomic E-state index is 13.3. The SMILES string of the molecule is CC(C)(C)OC(=O)OC(=O)[C@@H](N)Cc1c[nH]c2ccc(F)cc12. The van der Waals surface area contributed by atoms with Crippen molar-refractivity contribution in [3.05, 3.63) is 35.8 Å². The second-order valence-corrected chi connectivity index (χ2v) is 6.20. The zero-order valence-corrected chi connectivity index (χ0v) is 13.2. The minimum absolute atomic E-state index is 0.102. The summed E-state index contributed by atoms with van der Waals surface area (Å²) in [7, 11) is 0. The number of nitrogens with two attached hydrogens (primary N) is 1. The molecule has 23 heavy (non-hydrogen) atoms. The predicted molar refractivity (Wildman–Crippen MR) is 82.3 cm³/mol. The molecule has 0 aliphatic carbocycles. The van der Waals surface area contributed by atoms with Crippen LogP contribution in [0.25, 0.3) is 10.9 Å². The van der Waals surface area contributed by atoms with Crippen molar-refractivity contribution in [2.75, 3.05) is 0 Å². The molecule has 1 atom stereocenters. The van der Waals surface area contributed by atoms with Gasteiger partial charge in [-0.1, -0.05) is 0 Å². The molecule has 2 rings (SSSR count). The summed E-state index contributed by atoms with van der Waals surface area (Å²) >= 11 is 0. The van der Waals surface area contributed by atoms with Gasteiger partial charge in [0, 0.05) is 23.5 Å². The lowest BCUT2D eigenvalue weighted by Gasteiger charge is -2.19. The summed E-state index contributed by atoms with van der Waals surface area (Å²) in [4.78, 5) is 26.3. The fourth-order valence-electron chi connectivity index (χ4n) is 2.07. The summed E-state index contributed by atoms with van der Waals surface area (Å²) in [6.45, 7) is 4.96. The van der Waals surface area contributed by atoms with Gasteiger partial charge in [-0.3, -0.25) is 0 Å². The summed E-state index contributed by atoms with van der Waals surface area (Å²) in [5.41, 5.74) is 6.38. The number of rotatable bonds is 3. The number of aromatic nitrogens is 1. The summed E-state index contributed by atoms with van der Waals surface area (Å²) < 4.78 is 22.8. The van der Waals surface area contributed by atoms with Gasteiger partial charge in [0.05, 0.1) is 0 Å². The molecule has 0 amide bonds. The first-order chi connectivity index (χ1) is 10.7. The largest absolute Gasteiger partial charge is 0.516 e. The molecule has 0 fully saturated rings. The van der Waals surface area contributed by atoms with E-state index in [2.05, 4.69) is 9.72 Å². The lowest BCUT2D eigenvalue weighted by atomic mass is 10.1. The molecule has 0 saturated carbocycles. The second-order valence-electron chi connectivity index (χ2n) is 6.20. The van der Waals surface area contributed by atoms with Crippen molar-refractivity contribution in [3.8, 4) is 0 Å². The summed E-state index contributed by atoms with van der Waals surface area (Å²) in [5, 5.41) is 0.630. The van der Waals surface area contributed by atoms with Crippen molar-refractivity contribution >= 4 is 23.0 Å². The minimum Gasteiger partial charge on any atom is -0.428 e. The van der Waals surface area contributed by atoms with Crippen LogP contribution in [0.15, 0.2) is 24.4 Å². The Bertz CT molecular complexity index is 733. The summed E-state index contributed by atoms with van der Waals surface area (Å²) in [6, 6.07) is 3.22. The number of H-pyrrole nitrogens is 1. The molecule has 6 nitrogen and oxygen atoms in total. The van der Waals surface area contributed by atoms with E-state index in [0.29, 0.717) is 10.9 Å². The normalized spacial score (nSPS) is 12.9. The van der Waals surface area contributed by atoms with Crippen molar-refractivity contribution in [2.45, 2.75) is 38.8 Å². The number of nitrogens with one attached hydrogen (secondary N) is 1. The van der Waals surface area contributed by atoms with Crippen molar-refractivity contribution in [2.24, 2.45) is 5.73 Å². The standard InChI is InChI=1S/C16H19FN2O4/c1-16(2,3)23-15(21)22-14(20)12(18)6-9-8-19-13-5-4-10(17)7-11(9)13/h4-5,7-8,12,19H,6,18H2,1-3H3/t12-/m0/s1. The molecule has 0 spiro atoms. The van der Waals surface area contributed by atoms with Crippen LogP contribution in [-0.4, -0.2) is 28.8 Å². The first kappa shape index (κ1) is 17.0. The van der Waals surface area contributed by atoms with Gasteiger partial charge in [-0.05, 0) is 44.5 Å². The molecule has 3 N–H and O–H groups in total. The van der Waals surface area contributed by atoms with Gasteiger partial charge in [0.25, 0.3) is 0 Å². The predicted octanol–water partition coefficient (Wildman–Crippen LogP) is 2.66. The number of benzene rings is 1. The lowest BCUT2D eigenvalue weighted by molar-refractivity contribution is -0.142. The second kappa shape index (κ2) is 6.37. The van der Waals surface area contributed by atoms with Gasteiger partial charge in [-0.25, -0.2) is 14.0 Å². The van der Waals surface area contributed by atoms with Crippen molar-refractivity contribution < 1.29 is 23.5 Å². The average Bonchev–Trinajstić information content (AvgIpc) is 2.78. The van der Waals surface area contributed by atoms with Crippen LogP contribution in [0.5, 0.6) is 0 Å². The smallest absolute Gasteiger partial charge is 0.428 e.